The molecule has 2 heterocycles. The Hall–Kier alpha value is -2.58. The molecule has 4 rings (SSSR count). The molecular weight excluding hydrogens is 491 g/mol. The Labute approximate surface area is 203 Å². The van der Waals surface area contributed by atoms with Gasteiger partial charge in [0.15, 0.2) is 0 Å². The van der Waals surface area contributed by atoms with Gasteiger partial charge in [-0.2, -0.15) is 0 Å². The molecule has 32 heavy (non-hydrogen) atoms. The minimum Gasteiger partial charge on any atom is -0.489 e. The molecule has 1 amide bonds. The van der Waals surface area contributed by atoms with E-state index in [4.69, 9.17) is 39.5 Å². The molecule has 2 aromatic carbocycles. The summed E-state index contributed by atoms with van der Waals surface area (Å²) in [5.41, 5.74) is 2.76. The number of carbonyl (C=O) groups is 1. The van der Waals surface area contributed by atoms with Gasteiger partial charge in [-0.3, -0.25) is 10.1 Å². The van der Waals surface area contributed by atoms with Crippen LogP contribution in [0.5, 0.6) is 5.75 Å². The minimum absolute atomic E-state index is 0.220. The number of hydrogen-bond acceptors (Lipinski definition) is 5. The molecule has 0 saturated carbocycles. The van der Waals surface area contributed by atoms with Crippen LogP contribution in [-0.4, -0.2) is 20.7 Å². The Kier molecular flexibility index (Phi) is 7.01. The van der Waals surface area contributed by atoms with Gasteiger partial charge in [0.25, 0.3) is 5.91 Å². The standard InChI is InChI=1S/C22H17Cl3N4O2S/c1-13-6-16(3-5-17(13)23)31-10-15-8-20(32-11-15)21(30)27-22-26-12-29(28-22)9-14-2-4-18(24)19(25)7-14/h2-8,11-12H,9-10H2,1H3,(H,27,28,30). The van der Waals surface area contributed by atoms with E-state index in [9.17, 15) is 4.79 Å². The number of nitrogens with zero attached hydrogens (tertiary/aromatic N) is 3. The van der Waals surface area contributed by atoms with Crippen molar-refractivity contribution < 1.29 is 9.53 Å². The molecule has 0 fully saturated rings. The Bertz CT molecular complexity index is 1270. The maximum absolute atomic E-state index is 12.6. The molecule has 0 saturated heterocycles. The third-order valence-corrected chi connectivity index (χ3v) is 6.64. The summed E-state index contributed by atoms with van der Waals surface area (Å²) < 4.78 is 7.39. The summed E-state index contributed by atoms with van der Waals surface area (Å²) in [5, 5.41) is 10.5. The third-order valence-electron chi connectivity index (χ3n) is 4.50. The van der Waals surface area contributed by atoms with Gasteiger partial charge in [-0.05, 0) is 59.8 Å². The quantitative estimate of drug-likeness (QED) is 0.310. The Morgan fingerprint density at radius 2 is 1.88 bits per heavy atom. The lowest BCUT2D eigenvalue weighted by Crippen LogP contribution is -2.12. The van der Waals surface area contributed by atoms with E-state index in [0.29, 0.717) is 33.1 Å². The fourth-order valence-corrected chi connectivity index (χ4v) is 4.09. The highest BCUT2D eigenvalue weighted by atomic mass is 35.5. The molecule has 0 bridgehead atoms. The van der Waals surface area contributed by atoms with Crippen LogP contribution in [0.1, 0.15) is 26.4 Å². The predicted molar refractivity (Wildman–Crippen MR) is 128 cm³/mol. The first-order chi connectivity index (χ1) is 15.4. The van der Waals surface area contributed by atoms with Crippen molar-refractivity contribution in [1.82, 2.24) is 14.8 Å². The monoisotopic (exact) mass is 506 g/mol. The van der Waals surface area contributed by atoms with Gasteiger partial charge in [0.2, 0.25) is 5.95 Å². The van der Waals surface area contributed by atoms with E-state index >= 15 is 0 Å². The van der Waals surface area contributed by atoms with Crippen LogP contribution in [0.2, 0.25) is 15.1 Å². The third kappa shape index (κ3) is 5.61. The number of aryl methyl sites for hydroxylation is 1. The number of nitrogens with one attached hydrogen (secondary N) is 1. The average molecular weight is 508 g/mol. The molecule has 2 aromatic heterocycles. The van der Waals surface area contributed by atoms with Crippen molar-refractivity contribution in [2.45, 2.75) is 20.1 Å². The van der Waals surface area contributed by atoms with Crippen LogP contribution in [0, 0.1) is 6.92 Å². The van der Waals surface area contributed by atoms with Crippen molar-refractivity contribution in [2.24, 2.45) is 0 Å². The van der Waals surface area contributed by atoms with Gasteiger partial charge in [0, 0.05) is 10.6 Å². The molecule has 164 valence electrons. The van der Waals surface area contributed by atoms with Gasteiger partial charge >= 0.3 is 0 Å². The summed E-state index contributed by atoms with van der Waals surface area (Å²) in [4.78, 5) is 17.2. The van der Waals surface area contributed by atoms with Crippen molar-refractivity contribution in [3.63, 3.8) is 0 Å². The smallest absolute Gasteiger partial charge is 0.268 e. The van der Waals surface area contributed by atoms with Crippen molar-refractivity contribution in [3.05, 3.63) is 90.8 Å². The summed E-state index contributed by atoms with van der Waals surface area (Å²) >= 11 is 19.4. The summed E-state index contributed by atoms with van der Waals surface area (Å²) in [7, 11) is 0. The Balaban J connectivity index is 1.33. The van der Waals surface area contributed by atoms with Crippen LogP contribution in [0.3, 0.4) is 0 Å². The second kappa shape index (κ2) is 9.92. The molecule has 6 nitrogen and oxygen atoms in total. The molecule has 0 unspecified atom stereocenters. The number of ether oxygens (including phenoxy) is 1. The van der Waals surface area contributed by atoms with Gasteiger partial charge in [0.05, 0.1) is 21.5 Å². The van der Waals surface area contributed by atoms with E-state index in [1.807, 2.05) is 30.5 Å². The lowest BCUT2D eigenvalue weighted by atomic mass is 10.2. The molecule has 0 aliphatic heterocycles. The van der Waals surface area contributed by atoms with Crippen LogP contribution in [0.15, 0.2) is 54.2 Å². The first-order valence-electron chi connectivity index (χ1n) is 9.48. The maximum Gasteiger partial charge on any atom is 0.268 e. The number of halogens is 3. The first kappa shape index (κ1) is 22.6. The van der Waals surface area contributed by atoms with E-state index < -0.39 is 0 Å². The van der Waals surface area contributed by atoms with Crippen LogP contribution in [0.25, 0.3) is 0 Å². The summed E-state index contributed by atoms with van der Waals surface area (Å²) in [6, 6.07) is 12.6. The number of benzene rings is 2. The van der Waals surface area contributed by atoms with E-state index in [2.05, 4.69) is 15.4 Å². The van der Waals surface area contributed by atoms with Crippen LogP contribution >= 0.6 is 46.1 Å². The number of rotatable bonds is 7. The minimum atomic E-state index is -0.282. The van der Waals surface area contributed by atoms with E-state index in [-0.39, 0.29) is 11.9 Å². The number of anilines is 1. The van der Waals surface area contributed by atoms with Crippen LogP contribution in [-0.2, 0) is 13.2 Å². The van der Waals surface area contributed by atoms with Gasteiger partial charge in [-0.1, -0.05) is 40.9 Å². The molecule has 0 radical (unpaired) electrons. The molecule has 10 heteroatoms. The number of aromatic nitrogens is 3. The van der Waals surface area contributed by atoms with Gasteiger partial charge in [-0.25, -0.2) is 9.67 Å². The topological polar surface area (TPSA) is 69.0 Å². The summed E-state index contributed by atoms with van der Waals surface area (Å²) in [6.07, 6.45) is 1.54. The lowest BCUT2D eigenvalue weighted by Gasteiger charge is -2.06. The zero-order valence-electron chi connectivity index (χ0n) is 16.8. The number of hydrogen-bond donors (Lipinski definition) is 1. The summed E-state index contributed by atoms with van der Waals surface area (Å²) in [6.45, 7) is 2.72. The van der Waals surface area contributed by atoms with Crippen molar-refractivity contribution in [1.29, 1.82) is 0 Å². The normalized spacial score (nSPS) is 10.9. The lowest BCUT2D eigenvalue weighted by molar-refractivity contribution is 0.102. The fraction of sp³-hybridized carbons (Fsp3) is 0.136. The van der Waals surface area contributed by atoms with Crippen molar-refractivity contribution >= 4 is 58.0 Å². The highest BCUT2D eigenvalue weighted by molar-refractivity contribution is 7.12. The van der Waals surface area contributed by atoms with Gasteiger partial charge < -0.3 is 4.74 Å². The van der Waals surface area contributed by atoms with E-state index in [1.54, 1.807) is 35.3 Å². The fourth-order valence-electron chi connectivity index (χ4n) is 2.86. The van der Waals surface area contributed by atoms with Crippen LogP contribution in [0.4, 0.5) is 5.95 Å². The molecule has 0 aliphatic carbocycles. The summed E-state index contributed by atoms with van der Waals surface area (Å²) in [5.74, 6) is 0.662. The van der Waals surface area contributed by atoms with E-state index in [1.165, 1.54) is 11.3 Å². The molecule has 0 spiro atoms. The molecule has 0 aliphatic rings. The highest BCUT2D eigenvalue weighted by Crippen LogP contribution is 2.24. The predicted octanol–water partition coefficient (Wildman–Crippen LogP) is 6.49. The average Bonchev–Trinajstić information content (AvgIpc) is 3.41. The van der Waals surface area contributed by atoms with Gasteiger partial charge in [-0.15, -0.1) is 16.4 Å². The second-order valence-electron chi connectivity index (χ2n) is 6.99. The number of thiophene rings is 1. The molecule has 0 atom stereocenters. The zero-order chi connectivity index (χ0) is 22.7. The largest absolute Gasteiger partial charge is 0.489 e. The zero-order valence-corrected chi connectivity index (χ0v) is 19.9. The second-order valence-corrected chi connectivity index (χ2v) is 9.12. The van der Waals surface area contributed by atoms with Crippen molar-refractivity contribution in [3.8, 4) is 5.75 Å². The highest BCUT2D eigenvalue weighted by Gasteiger charge is 2.13. The molecular formula is C22H17Cl3N4O2S. The van der Waals surface area contributed by atoms with Crippen molar-refractivity contribution in [2.75, 3.05) is 5.32 Å². The maximum atomic E-state index is 12.6. The van der Waals surface area contributed by atoms with Crippen LogP contribution < -0.4 is 10.1 Å². The molecule has 4 aromatic rings. The van der Waals surface area contributed by atoms with Gasteiger partial charge in [0.1, 0.15) is 18.7 Å². The molecule has 1 N–H and O–H groups in total. The van der Waals surface area contributed by atoms with E-state index in [0.717, 1.165) is 22.4 Å². The Morgan fingerprint density at radius 3 is 2.66 bits per heavy atom. The SMILES string of the molecule is Cc1cc(OCc2csc(C(=O)Nc3ncn(Cc4ccc(Cl)c(Cl)c4)n3)c2)ccc1Cl. The number of amides is 1. The first-order valence-corrected chi connectivity index (χ1v) is 11.5. The number of carbonyl (C=O) groups excluding carboxylic acids is 1. The Morgan fingerprint density at radius 1 is 1.06 bits per heavy atom.